The highest BCUT2D eigenvalue weighted by atomic mass is 79.9. The van der Waals surface area contributed by atoms with E-state index in [4.69, 9.17) is 0 Å². The second kappa shape index (κ2) is 7.22. The largest absolute Gasteiger partial charge is 0.343 e. The predicted molar refractivity (Wildman–Crippen MR) is 91.0 cm³/mol. The summed E-state index contributed by atoms with van der Waals surface area (Å²) in [7, 11) is 0. The summed E-state index contributed by atoms with van der Waals surface area (Å²) in [6.07, 6.45) is 0. The molecule has 0 aliphatic carbocycles. The molecule has 0 saturated heterocycles. The topological polar surface area (TPSA) is 58.2 Å². The lowest BCUT2D eigenvalue weighted by molar-refractivity contribution is -0.115. The lowest BCUT2D eigenvalue weighted by atomic mass is 10.1. The number of carbonyl (C=O) groups excluding carboxylic acids is 2. The molecular formula is C17H17BrN2O2. The van der Waals surface area contributed by atoms with E-state index in [0.29, 0.717) is 11.3 Å². The predicted octanol–water partition coefficient (Wildman–Crippen LogP) is 3.43. The maximum Gasteiger partial charge on any atom is 0.251 e. The van der Waals surface area contributed by atoms with Crippen LogP contribution in [0.4, 0.5) is 5.69 Å². The van der Waals surface area contributed by atoms with Crippen LogP contribution in [-0.4, -0.2) is 18.4 Å². The minimum Gasteiger partial charge on any atom is -0.343 e. The summed E-state index contributed by atoms with van der Waals surface area (Å²) in [6.45, 7) is 3.83. The number of aryl methyl sites for hydroxylation is 2. The average Bonchev–Trinajstić information content (AvgIpc) is 2.49. The second-order valence-corrected chi connectivity index (χ2v) is 5.92. The molecule has 2 amide bonds. The number of halogens is 1. The molecule has 0 saturated carbocycles. The van der Waals surface area contributed by atoms with Crippen molar-refractivity contribution in [2.45, 2.75) is 13.8 Å². The van der Waals surface area contributed by atoms with Crippen molar-refractivity contribution in [1.82, 2.24) is 5.32 Å². The van der Waals surface area contributed by atoms with E-state index in [9.17, 15) is 9.59 Å². The molecule has 0 aromatic heterocycles. The fourth-order valence-corrected chi connectivity index (χ4v) is 2.14. The van der Waals surface area contributed by atoms with Crippen molar-refractivity contribution in [1.29, 1.82) is 0 Å². The normalized spacial score (nSPS) is 10.1. The van der Waals surface area contributed by atoms with Gasteiger partial charge in [-0.2, -0.15) is 0 Å². The molecule has 2 rings (SSSR count). The molecule has 5 heteroatoms. The third-order valence-corrected chi connectivity index (χ3v) is 4.05. The standard InChI is InChI=1S/C17H17BrN2O2/c1-11-3-5-13(6-4-11)17(22)19-10-16(21)20-14-7-8-15(18)12(2)9-14/h3-9H,10H2,1-2H3,(H,19,22)(H,20,21). The zero-order valence-corrected chi connectivity index (χ0v) is 14.0. The second-order valence-electron chi connectivity index (χ2n) is 5.06. The van der Waals surface area contributed by atoms with Crippen LogP contribution in [0.5, 0.6) is 0 Å². The van der Waals surface area contributed by atoms with Crippen molar-refractivity contribution in [3.05, 3.63) is 63.6 Å². The van der Waals surface area contributed by atoms with Crippen molar-refractivity contribution >= 4 is 33.4 Å². The molecular weight excluding hydrogens is 344 g/mol. The summed E-state index contributed by atoms with van der Waals surface area (Å²) < 4.78 is 0.984. The number of carbonyl (C=O) groups is 2. The molecule has 0 aliphatic rings. The molecule has 2 N–H and O–H groups in total. The molecule has 0 spiro atoms. The van der Waals surface area contributed by atoms with Crippen LogP contribution >= 0.6 is 15.9 Å². The number of hydrogen-bond donors (Lipinski definition) is 2. The first-order valence-electron chi connectivity index (χ1n) is 6.86. The number of hydrogen-bond acceptors (Lipinski definition) is 2. The molecule has 2 aromatic carbocycles. The molecule has 0 bridgehead atoms. The van der Waals surface area contributed by atoms with Gasteiger partial charge in [0.05, 0.1) is 6.54 Å². The summed E-state index contributed by atoms with van der Waals surface area (Å²) in [5.74, 6) is -0.524. The molecule has 0 aliphatic heterocycles. The van der Waals surface area contributed by atoms with Crippen molar-refractivity contribution in [2.75, 3.05) is 11.9 Å². The summed E-state index contributed by atoms with van der Waals surface area (Å²) in [6, 6.07) is 12.7. The Hall–Kier alpha value is -2.14. The lowest BCUT2D eigenvalue weighted by Gasteiger charge is -2.08. The first-order valence-corrected chi connectivity index (χ1v) is 7.66. The highest BCUT2D eigenvalue weighted by Crippen LogP contribution is 2.19. The summed E-state index contributed by atoms with van der Waals surface area (Å²) in [5, 5.41) is 5.36. The van der Waals surface area contributed by atoms with Crippen LogP contribution in [0, 0.1) is 13.8 Å². The van der Waals surface area contributed by atoms with E-state index in [2.05, 4.69) is 26.6 Å². The molecule has 0 heterocycles. The quantitative estimate of drug-likeness (QED) is 0.877. The fourth-order valence-electron chi connectivity index (χ4n) is 1.90. The van der Waals surface area contributed by atoms with Gasteiger partial charge < -0.3 is 10.6 Å². The van der Waals surface area contributed by atoms with Gasteiger partial charge in [0, 0.05) is 15.7 Å². The number of rotatable bonds is 4. The van der Waals surface area contributed by atoms with Gasteiger partial charge in [0.15, 0.2) is 0 Å². The molecule has 0 fully saturated rings. The average molecular weight is 361 g/mol. The zero-order chi connectivity index (χ0) is 16.1. The third-order valence-electron chi connectivity index (χ3n) is 3.16. The van der Waals surface area contributed by atoms with E-state index in [-0.39, 0.29) is 18.4 Å². The first-order chi connectivity index (χ1) is 10.5. The number of nitrogens with one attached hydrogen (secondary N) is 2. The van der Waals surface area contributed by atoms with Crippen LogP contribution in [0.15, 0.2) is 46.9 Å². The SMILES string of the molecule is Cc1ccc(C(=O)NCC(=O)Nc2ccc(Br)c(C)c2)cc1. The van der Waals surface area contributed by atoms with E-state index in [1.807, 2.05) is 38.1 Å². The zero-order valence-electron chi connectivity index (χ0n) is 12.4. The van der Waals surface area contributed by atoms with Crippen LogP contribution in [0.2, 0.25) is 0 Å². The Kier molecular flexibility index (Phi) is 5.33. The minimum absolute atomic E-state index is 0.0676. The first kappa shape index (κ1) is 16.2. The van der Waals surface area contributed by atoms with E-state index >= 15 is 0 Å². The van der Waals surface area contributed by atoms with Gasteiger partial charge in [0.25, 0.3) is 5.91 Å². The molecule has 2 aromatic rings. The molecule has 114 valence electrons. The van der Waals surface area contributed by atoms with Crippen molar-refractivity contribution in [3.8, 4) is 0 Å². The maximum absolute atomic E-state index is 11.9. The van der Waals surface area contributed by atoms with Crippen LogP contribution in [-0.2, 0) is 4.79 Å². The summed E-state index contributed by atoms with van der Waals surface area (Å²) >= 11 is 3.41. The Morgan fingerprint density at radius 1 is 1.05 bits per heavy atom. The van der Waals surface area contributed by atoms with Gasteiger partial charge in [-0.15, -0.1) is 0 Å². The van der Waals surface area contributed by atoms with Crippen molar-refractivity contribution < 1.29 is 9.59 Å². The van der Waals surface area contributed by atoms with Gasteiger partial charge in [0.1, 0.15) is 0 Å². The molecule has 4 nitrogen and oxygen atoms in total. The molecule has 22 heavy (non-hydrogen) atoms. The Morgan fingerprint density at radius 2 is 1.73 bits per heavy atom. The van der Waals surface area contributed by atoms with E-state index in [1.54, 1.807) is 18.2 Å². The highest BCUT2D eigenvalue weighted by Gasteiger charge is 2.08. The molecule has 0 atom stereocenters. The van der Waals surface area contributed by atoms with Gasteiger partial charge in [0.2, 0.25) is 5.91 Å². The van der Waals surface area contributed by atoms with Gasteiger partial charge in [-0.3, -0.25) is 9.59 Å². The van der Waals surface area contributed by atoms with Gasteiger partial charge in [-0.1, -0.05) is 33.6 Å². The van der Waals surface area contributed by atoms with Crippen molar-refractivity contribution in [3.63, 3.8) is 0 Å². The Morgan fingerprint density at radius 3 is 2.36 bits per heavy atom. The number of amides is 2. The van der Waals surface area contributed by atoms with Gasteiger partial charge in [-0.05, 0) is 49.7 Å². The molecule has 0 unspecified atom stereocenters. The van der Waals surface area contributed by atoms with E-state index in [0.717, 1.165) is 15.6 Å². The minimum atomic E-state index is -0.262. The smallest absolute Gasteiger partial charge is 0.251 e. The van der Waals surface area contributed by atoms with Gasteiger partial charge in [-0.25, -0.2) is 0 Å². The van der Waals surface area contributed by atoms with E-state index < -0.39 is 0 Å². The number of benzene rings is 2. The highest BCUT2D eigenvalue weighted by molar-refractivity contribution is 9.10. The monoisotopic (exact) mass is 360 g/mol. The van der Waals surface area contributed by atoms with Crippen molar-refractivity contribution in [2.24, 2.45) is 0 Å². The lowest BCUT2D eigenvalue weighted by Crippen LogP contribution is -2.32. The van der Waals surface area contributed by atoms with Crippen LogP contribution in [0.1, 0.15) is 21.5 Å². The van der Waals surface area contributed by atoms with Crippen LogP contribution < -0.4 is 10.6 Å². The summed E-state index contributed by atoms with van der Waals surface area (Å²) in [5.41, 5.74) is 3.36. The Bertz CT molecular complexity index is 696. The van der Waals surface area contributed by atoms with Gasteiger partial charge >= 0.3 is 0 Å². The van der Waals surface area contributed by atoms with Crippen LogP contribution in [0.25, 0.3) is 0 Å². The Balaban J connectivity index is 1.88. The summed E-state index contributed by atoms with van der Waals surface area (Å²) in [4.78, 5) is 23.8. The third kappa shape index (κ3) is 4.43. The van der Waals surface area contributed by atoms with E-state index in [1.165, 1.54) is 0 Å². The Labute approximate surface area is 138 Å². The molecule has 0 radical (unpaired) electrons. The van der Waals surface area contributed by atoms with Crippen LogP contribution in [0.3, 0.4) is 0 Å². The maximum atomic E-state index is 11.9. The fraction of sp³-hybridized carbons (Fsp3) is 0.176. The number of anilines is 1.